The van der Waals surface area contributed by atoms with Crippen molar-refractivity contribution in [1.29, 1.82) is 0 Å². The first-order valence-electron chi connectivity index (χ1n) is 9.57. The van der Waals surface area contributed by atoms with Gasteiger partial charge in [-0.25, -0.2) is 20.4 Å². The number of H-pyrrole nitrogens is 1. The molecule has 9 nitrogen and oxygen atoms in total. The van der Waals surface area contributed by atoms with Crippen LogP contribution in [0, 0.1) is 0 Å². The summed E-state index contributed by atoms with van der Waals surface area (Å²) in [6, 6.07) is 5.84. The van der Waals surface area contributed by atoms with Gasteiger partial charge in [0.2, 0.25) is 5.95 Å². The van der Waals surface area contributed by atoms with Crippen molar-refractivity contribution in [2.75, 3.05) is 30.9 Å². The molecule has 3 aromatic rings. The Kier molecular flexibility index (Phi) is 5.81. The third-order valence-electron chi connectivity index (χ3n) is 4.94. The van der Waals surface area contributed by atoms with Crippen LogP contribution in [-0.4, -0.2) is 58.0 Å². The van der Waals surface area contributed by atoms with E-state index >= 15 is 0 Å². The standard InChI is InChI=1S/C19H25ClN8O/c1-4-29-16-9-15(28(3)26-16)24-14-7-8-21-19(25-14)27(2)10-12-5-6-13-18(17(12)20)23-11-22-13/h5-8,11,15-16,26H,4,9-10H2,1-3H3,(H,22,23)(H,21,24,25). The van der Waals surface area contributed by atoms with Crippen molar-refractivity contribution in [2.45, 2.75) is 32.3 Å². The van der Waals surface area contributed by atoms with Gasteiger partial charge in [0.15, 0.2) is 0 Å². The maximum atomic E-state index is 6.53. The normalized spacial score (nSPS) is 19.7. The van der Waals surface area contributed by atoms with Crippen LogP contribution in [0.4, 0.5) is 11.8 Å². The third kappa shape index (κ3) is 4.27. The van der Waals surface area contributed by atoms with Crippen molar-refractivity contribution in [3.63, 3.8) is 0 Å². The molecule has 2 aromatic heterocycles. The monoisotopic (exact) mass is 416 g/mol. The molecule has 2 atom stereocenters. The number of nitrogens with one attached hydrogen (secondary N) is 3. The molecular weight excluding hydrogens is 392 g/mol. The molecule has 3 heterocycles. The highest BCUT2D eigenvalue weighted by Gasteiger charge is 2.29. The van der Waals surface area contributed by atoms with Crippen LogP contribution >= 0.6 is 11.6 Å². The number of nitrogens with zero attached hydrogens (tertiary/aromatic N) is 5. The molecule has 0 radical (unpaired) electrons. The number of benzene rings is 1. The Balaban J connectivity index is 1.45. The number of anilines is 2. The number of aromatic nitrogens is 4. The summed E-state index contributed by atoms with van der Waals surface area (Å²) in [6.45, 7) is 3.24. The van der Waals surface area contributed by atoms with Crippen molar-refractivity contribution < 1.29 is 4.74 Å². The number of rotatable bonds is 7. The van der Waals surface area contributed by atoms with Crippen molar-refractivity contribution in [1.82, 2.24) is 30.4 Å². The Hall–Kier alpha value is -2.46. The van der Waals surface area contributed by atoms with Crippen LogP contribution in [0.25, 0.3) is 11.0 Å². The van der Waals surface area contributed by atoms with Gasteiger partial charge in [-0.15, -0.1) is 0 Å². The van der Waals surface area contributed by atoms with Gasteiger partial charge in [-0.1, -0.05) is 17.7 Å². The van der Waals surface area contributed by atoms with Gasteiger partial charge in [0.1, 0.15) is 17.6 Å². The topological polar surface area (TPSA) is 94.2 Å². The van der Waals surface area contributed by atoms with E-state index in [1.54, 1.807) is 12.5 Å². The van der Waals surface area contributed by atoms with Gasteiger partial charge in [-0.3, -0.25) is 0 Å². The average Bonchev–Trinajstić information content (AvgIpc) is 3.32. The molecule has 3 N–H and O–H groups in total. The smallest absolute Gasteiger partial charge is 0.227 e. The lowest BCUT2D eigenvalue weighted by atomic mass is 10.2. The summed E-state index contributed by atoms with van der Waals surface area (Å²) in [4.78, 5) is 18.4. The zero-order chi connectivity index (χ0) is 20.4. The lowest BCUT2D eigenvalue weighted by molar-refractivity contribution is 0.0304. The predicted molar refractivity (Wildman–Crippen MR) is 114 cm³/mol. The molecule has 1 aliphatic heterocycles. The van der Waals surface area contributed by atoms with E-state index in [4.69, 9.17) is 16.3 Å². The summed E-state index contributed by atoms with van der Waals surface area (Å²) in [6.07, 6.45) is 4.30. The van der Waals surface area contributed by atoms with Crippen LogP contribution in [0.15, 0.2) is 30.7 Å². The minimum absolute atomic E-state index is 0.00517. The molecule has 2 unspecified atom stereocenters. The van der Waals surface area contributed by atoms with Crippen LogP contribution in [-0.2, 0) is 11.3 Å². The fourth-order valence-electron chi connectivity index (χ4n) is 3.44. The van der Waals surface area contributed by atoms with Crippen molar-refractivity contribution in [3.8, 4) is 0 Å². The van der Waals surface area contributed by atoms with E-state index in [1.165, 1.54) is 0 Å². The number of fused-ring (bicyclic) bond motifs is 1. The minimum Gasteiger partial charge on any atom is -0.362 e. The molecule has 0 aliphatic carbocycles. The van der Waals surface area contributed by atoms with E-state index in [0.717, 1.165) is 28.8 Å². The Morgan fingerprint density at radius 1 is 1.34 bits per heavy atom. The molecule has 1 aliphatic rings. The summed E-state index contributed by atoms with van der Waals surface area (Å²) in [5.74, 6) is 1.37. The fraction of sp³-hybridized carbons (Fsp3) is 0.421. The van der Waals surface area contributed by atoms with Gasteiger partial charge >= 0.3 is 0 Å². The van der Waals surface area contributed by atoms with E-state index in [1.807, 2.05) is 49.1 Å². The Morgan fingerprint density at radius 2 is 2.21 bits per heavy atom. The summed E-state index contributed by atoms with van der Waals surface area (Å²) < 4.78 is 5.65. The summed E-state index contributed by atoms with van der Waals surface area (Å²) >= 11 is 6.53. The van der Waals surface area contributed by atoms with Gasteiger partial charge in [0, 0.05) is 39.9 Å². The lowest BCUT2D eigenvalue weighted by Gasteiger charge is -2.22. The Bertz CT molecular complexity index is 980. The molecule has 0 saturated carbocycles. The highest BCUT2D eigenvalue weighted by molar-refractivity contribution is 6.35. The van der Waals surface area contributed by atoms with Crippen LogP contribution in [0.2, 0.25) is 5.02 Å². The van der Waals surface area contributed by atoms with Crippen LogP contribution in [0.5, 0.6) is 0 Å². The van der Waals surface area contributed by atoms with E-state index in [2.05, 4.69) is 30.7 Å². The first-order chi connectivity index (χ1) is 14.0. The van der Waals surface area contributed by atoms with Crippen LogP contribution in [0.1, 0.15) is 18.9 Å². The molecule has 29 heavy (non-hydrogen) atoms. The van der Waals surface area contributed by atoms with Crippen molar-refractivity contribution in [2.24, 2.45) is 0 Å². The molecule has 1 aromatic carbocycles. The van der Waals surface area contributed by atoms with E-state index < -0.39 is 0 Å². The number of hydrazine groups is 1. The van der Waals surface area contributed by atoms with E-state index in [0.29, 0.717) is 24.1 Å². The molecule has 4 rings (SSSR count). The molecule has 1 fully saturated rings. The average molecular weight is 417 g/mol. The Labute approximate surface area is 174 Å². The molecular formula is C19H25ClN8O. The minimum atomic E-state index is 0.00517. The van der Waals surface area contributed by atoms with E-state index in [-0.39, 0.29) is 12.4 Å². The second-order valence-electron chi connectivity index (χ2n) is 7.02. The molecule has 1 saturated heterocycles. The summed E-state index contributed by atoms with van der Waals surface area (Å²) in [5, 5.41) is 6.08. The largest absolute Gasteiger partial charge is 0.362 e. The lowest BCUT2D eigenvalue weighted by Crippen LogP contribution is -2.39. The molecule has 0 bridgehead atoms. The van der Waals surface area contributed by atoms with Crippen molar-refractivity contribution in [3.05, 3.63) is 41.3 Å². The number of imidazole rings is 1. The maximum Gasteiger partial charge on any atom is 0.227 e. The highest BCUT2D eigenvalue weighted by atomic mass is 35.5. The SMILES string of the molecule is CCOC1CC(Nc2ccnc(N(C)Cc3ccc4[nH]cnc4c3Cl)n2)N(C)N1. The summed E-state index contributed by atoms with van der Waals surface area (Å²) in [7, 11) is 3.93. The number of hydrogen-bond donors (Lipinski definition) is 3. The zero-order valence-electron chi connectivity index (χ0n) is 16.7. The second kappa shape index (κ2) is 8.50. The first-order valence-corrected chi connectivity index (χ1v) is 9.94. The van der Waals surface area contributed by atoms with Gasteiger partial charge < -0.3 is 19.9 Å². The molecule has 10 heteroatoms. The second-order valence-corrected chi connectivity index (χ2v) is 7.39. The van der Waals surface area contributed by atoms with Crippen LogP contribution in [0.3, 0.4) is 0 Å². The Morgan fingerprint density at radius 3 is 3.03 bits per heavy atom. The predicted octanol–water partition coefficient (Wildman–Crippen LogP) is 2.58. The number of halogens is 1. The van der Waals surface area contributed by atoms with Gasteiger partial charge in [0.05, 0.1) is 23.0 Å². The van der Waals surface area contributed by atoms with Gasteiger partial charge in [-0.2, -0.15) is 4.98 Å². The van der Waals surface area contributed by atoms with E-state index in [9.17, 15) is 0 Å². The number of aromatic amines is 1. The third-order valence-corrected chi connectivity index (χ3v) is 5.36. The molecule has 154 valence electrons. The molecule has 0 spiro atoms. The molecule has 0 amide bonds. The zero-order valence-corrected chi connectivity index (χ0v) is 17.4. The number of ether oxygens (including phenoxy) is 1. The maximum absolute atomic E-state index is 6.53. The van der Waals surface area contributed by atoms with Gasteiger partial charge in [0.25, 0.3) is 0 Å². The van der Waals surface area contributed by atoms with Crippen molar-refractivity contribution >= 4 is 34.4 Å². The van der Waals surface area contributed by atoms with Crippen LogP contribution < -0.4 is 15.6 Å². The first kappa shape index (κ1) is 19.8. The fourth-order valence-corrected chi connectivity index (χ4v) is 3.71. The highest BCUT2D eigenvalue weighted by Crippen LogP contribution is 2.26. The quantitative estimate of drug-likeness (QED) is 0.541. The summed E-state index contributed by atoms with van der Waals surface area (Å²) in [5.41, 5.74) is 5.95. The van der Waals surface area contributed by atoms with Gasteiger partial charge in [-0.05, 0) is 24.6 Å². The number of hydrogen-bond acceptors (Lipinski definition) is 8.